The van der Waals surface area contributed by atoms with Crippen LogP contribution in [-0.4, -0.2) is 34.8 Å². The van der Waals surface area contributed by atoms with Gasteiger partial charge in [0.15, 0.2) is 0 Å². The van der Waals surface area contributed by atoms with Gasteiger partial charge in [0.25, 0.3) is 0 Å². The first kappa shape index (κ1) is 16.8. The summed E-state index contributed by atoms with van der Waals surface area (Å²) in [7, 11) is 0. The number of carbonyl (C=O) groups excluding carboxylic acids is 2. The van der Waals surface area contributed by atoms with Gasteiger partial charge in [0.05, 0.1) is 6.42 Å². The summed E-state index contributed by atoms with van der Waals surface area (Å²) in [6.07, 6.45) is -1.53. The van der Waals surface area contributed by atoms with E-state index in [1.807, 2.05) is 6.07 Å². The summed E-state index contributed by atoms with van der Waals surface area (Å²) in [6, 6.07) is 7.45. The van der Waals surface area contributed by atoms with Crippen molar-refractivity contribution in [1.82, 2.24) is 5.32 Å². The number of ether oxygens (including phenoxy) is 2. The average molecular weight is 324 g/mol. The number of amides is 1. The maximum absolute atomic E-state index is 11.7. The summed E-state index contributed by atoms with van der Waals surface area (Å²) in [4.78, 5) is 34.6. The number of benzene rings is 1. The van der Waals surface area contributed by atoms with E-state index < -0.39 is 36.1 Å². The quantitative estimate of drug-likeness (QED) is 0.777. The highest BCUT2D eigenvalue weighted by atomic mass is 16.6. The number of alkyl carbamates (subject to hydrolysis) is 1. The number of nitrogens with one attached hydrogen (secondary N) is 1. The molecule has 0 fully saturated rings. The number of esters is 1. The molecule has 0 heterocycles. The van der Waals surface area contributed by atoms with E-state index in [1.165, 1.54) is 13.8 Å². The van der Waals surface area contributed by atoms with Crippen LogP contribution in [0, 0.1) is 0 Å². The minimum Gasteiger partial charge on any atom is -0.480 e. The molecular formula is C16H21NO6. The molecule has 0 unspecified atom stereocenters. The van der Waals surface area contributed by atoms with Crippen LogP contribution in [0.4, 0.5) is 4.79 Å². The van der Waals surface area contributed by atoms with Crippen molar-refractivity contribution in [3.63, 3.8) is 0 Å². The Bertz CT molecular complexity index is 575. The van der Waals surface area contributed by atoms with Crippen molar-refractivity contribution < 1.29 is 30.3 Å². The minimum absolute atomic E-state index is 0.0162. The number of rotatable bonds is 6. The fourth-order valence-corrected chi connectivity index (χ4v) is 1.59. The molecule has 0 aliphatic heterocycles. The Morgan fingerprint density at radius 3 is 2.52 bits per heavy atom. The van der Waals surface area contributed by atoms with Gasteiger partial charge in [-0.1, -0.05) is 30.3 Å². The summed E-state index contributed by atoms with van der Waals surface area (Å²) in [5.74, 6) is -2.14. The van der Waals surface area contributed by atoms with Gasteiger partial charge in [0, 0.05) is 1.37 Å². The predicted octanol–water partition coefficient (Wildman–Crippen LogP) is 2.10. The Balaban J connectivity index is 2.51. The Morgan fingerprint density at radius 2 is 1.96 bits per heavy atom. The van der Waals surface area contributed by atoms with Gasteiger partial charge in [-0.25, -0.2) is 9.59 Å². The van der Waals surface area contributed by atoms with Crippen molar-refractivity contribution in [2.75, 3.05) is 0 Å². The molecule has 0 aliphatic carbocycles. The number of aliphatic carboxylic acids is 1. The van der Waals surface area contributed by atoms with E-state index in [1.54, 1.807) is 24.3 Å². The highest BCUT2D eigenvalue weighted by Gasteiger charge is 2.26. The molecule has 126 valence electrons. The smallest absolute Gasteiger partial charge is 0.408 e. The molecule has 23 heavy (non-hydrogen) atoms. The average Bonchev–Trinajstić information content (AvgIpc) is 2.52. The van der Waals surface area contributed by atoms with Gasteiger partial charge in [-0.15, -0.1) is 0 Å². The lowest BCUT2D eigenvalue weighted by molar-refractivity contribution is -0.150. The topological polar surface area (TPSA) is 102 Å². The normalized spacial score (nSPS) is 12.7. The molecule has 1 amide bonds. The van der Waals surface area contributed by atoms with E-state index in [0.717, 1.165) is 5.56 Å². The first-order valence-corrected chi connectivity index (χ1v) is 6.94. The molecule has 1 atom stereocenters. The molecule has 2 N–H and O–H groups in total. The first-order chi connectivity index (χ1) is 11.2. The maximum atomic E-state index is 11.7. The molecule has 1 aromatic rings. The number of carboxylic acid groups (broad SMARTS) is 1. The number of hydrogen-bond acceptors (Lipinski definition) is 5. The zero-order valence-corrected chi connectivity index (χ0v) is 13.1. The molecule has 0 saturated carbocycles. The third-order valence-corrected chi connectivity index (χ3v) is 2.57. The second-order valence-electron chi connectivity index (χ2n) is 5.53. The molecule has 0 spiro atoms. The zero-order chi connectivity index (χ0) is 18.2. The molecule has 0 radical (unpaired) electrons. The molecule has 0 aromatic heterocycles. The molecule has 0 bridgehead atoms. The van der Waals surface area contributed by atoms with E-state index in [-0.39, 0.29) is 13.5 Å². The number of carboxylic acids is 1. The van der Waals surface area contributed by atoms with Gasteiger partial charge in [-0.05, 0) is 26.3 Å². The third-order valence-electron chi connectivity index (χ3n) is 2.57. The van der Waals surface area contributed by atoms with Crippen molar-refractivity contribution in [3.8, 4) is 0 Å². The number of hydrogen-bond donors (Lipinski definition) is 2. The summed E-state index contributed by atoms with van der Waals surface area (Å²) in [5, 5.41) is 11.2. The summed E-state index contributed by atoms with van der Waals surface area (Å²) >= 11 is 0. The van der Waals surface area contributed by atoms with Crippen LogP contribution in [0.1, 0.15) is 34.1 Å². The van der Waals surface area contributed by atoms with Crippen molar-refractivity contribution >= 4 is 18.0 Å². The molecule has 7 nitrogen and oxygen atoms in total. The highest BCUT2D eigenvalue weighted by molar-refractivity contribution is 5.85. The Hall–Kier alpha value is -2.57. The monoisotopic (exact) mass is 324 g/mol. The lowest BCUT2D eigenvalue weighted by Gasteiger charge is -2.21. The Morgan fingerprint density at radius 1 is 1.30 bits per heavy atom. The molecule has 0 aliphatic rings. The van der Waals surface area contributed by atoms with Crippen molar-refractivity contribution in [2.45, 2.75) is 45.4 Å². The minimum atomic E-state index is -1.47. The van der Waals surface area contributed by atoms with E-state index >= 15 is 0 Å². The van der Waals surface area contributed by atoms with Crippen LogP contribution in [0.15, 0.2) is 30.3 Å². The predicted molar refractivity (Wildman–Crippen MR) is 81.6 cm³/mol. The van der Waals surface area contributed by atoms with Crippen molar-refractivity contribution in [1.29, 1.82) is 0 Å². The van der Waals surface area contributed by atoms with Crippen LogP contribution in [0.3, 0.4) is 0 Å². The van der Waals surface area contributed by atoms with Crippen LogP contribution < -0.4 is 5.32 Å². The largest absolute Gasteiger partial charge is 0.480 e. The third kappa shape index (κ3) is 7.85. The molecule has 1 rings (SSSR count). The highest BCUT2D eigenvalue weighted by Crippen LogP contribution is 2.08. The van der Waals surface area contributed by atoms with Crippen molar-refractivity contribution in [3.05, 3.63) is 35.9 Å². The fourth-order valence-electron chi connectivity index (χ4n) is 1.59. The van der Waals surface area contributed by atoms with Gasteiger partial charge < -0.3 is 19.9 Å². The summed E-state index contributed by atoms with van der Waals surface area (Å²) < 4.78 is 17.1. The van der Waals surface area contributed by atoms with E-state index in [0.29, 0.717) is 0 Å². The van der Waals surface area contributed by atoms with Crippen molar-refractivity contribution in [2.24, 2.45) is 0 Å². The van der Waals surface area contributed by atoms with Gasteiger partial charge in [0.1, 0.15) is 18.2 Å². The SMILES string of the molecule is [2H]CC(C)(C)OC(=O)N[C@@H](CC(=O)OCc1ccccc1)C(=O)O. The van der Waals surface area contributed by atoms with E-state index in [9.17, 15) is 14.4 Å². The molecular weight excluding hydrogens is 302 g/mol. The van der Waals surface area contributed by atoms with Crippen LogP contribution in [-0.2, 0) is 25.7 Å². The van der Waals surface area contributed by atoms with E-state index in [2.05, 4.69) is 5.32 Å². The standard InChI is InChI=1S/C16H21NO6/c1-16(2,3)23-15(21)17-12(14(19)20)9-13(18)22-10-11-7-5-4-6-8-11/h4-8,12H,9-10H2,1-3H3,(H,17,21)(H,19,20)/t12-/m0/s1/i1D. The maximum Gasteiger partial charge on any atom is 0.408 e. The van der Waals surface area contributed by atoms with Crippen LogP contribution in [0.2, 0.25) is 0 Å². The summed E-state index contributed by atoms with van der Waals surface area (Å²) in [5.41, 5.74) is -0.289. The van der Waals surface area contributed by atoms with Gasteiger partial charge in [0.2, 0.25) is 0 Å². The van der Waals surface area contributed by atoms with Crippen LogP contribution in [0.5, 0.6) is 0 Å². The van der Waals surface area contributed by atoms with Crippen LogP contribution in [0.25, 0.3) is 0 Å². The Labute approximate surface area is 136 Å². The first-order valence-electron chi connectivity index (χ1n) is 7.65. The van der Waals surface area contributed by atoms with Gasteiger partial charge >= 0.3 is 18.0 Å². The number of carbonyl (C=O) groups is 3. The molecule has 7 heteroatoms. The molecule has 1 aromatic carbocycles. The Kier molecular flexibility index (Phi) is 5.96. The summed E-state index contributed by atoms with van der Waals surface area (Å²) in [6.45, 7) is 2.87. The molecule has 0 saturated heterocycles. The van der Waals surface area contributed by atoms with Gasteiger partial charge in [-0.2, -0.15) is 0 Å². The van der Waals surface area contributed by atoms with Crippen LogP contribution >= 0.6 is 0 Å². The lowest BCUT2D eigenvalue weighted by atomic mass is 10.2. The second kappa shape index (κ2) is 8.17. The second-order valence-corrected chi connectivity index (χ2v) is 5.53. The fraction of sp³-hybridized carbons (Fsp3) is 0.438. The lowest BCUT2D eigenvalue weighted by Crippen LogP contribution is -2.44. The van der Waals surface area contributed by atoms with E-state index in [4.69, 9.17) is 16.0 Å². The zero-order valence-electron chi connectivity index (χ0n) is 14.1. The van der Waals surface area contributed by atoms with Gasteiger partial charge in [-0.3, -0.25) is 4.79 Å².